The zero-order valence-corrected chi connectivity index (χ0v) is 17.4. The van der Waals surface area contributed by atoms with E-state index >= 15 is 0 Å². The second-order valence-electron chi connectivity index (χ2n) is 8.01. The number of hydrogen-bond acceptors (Lipinski definition) is 3. The van der Waals surface area contributed by atoms with Gasteiger partial charge >= 0.3 is 0 Å². The molecular formula is C27H25N3O. The van der Waals surface area contributed by atoms with Crippen LogP contribution in [0.3, 0.4) is 0 Å². The molecule has 2 aliphatic heterocycles. The van der Waals surface area contributed by atoms with Gasteiger partial charge in [-0.15, -0.1) is 0 Å². The minimum atomic E-state index is -0.0826. The van der Waals surface area contributed by atoms with Gasteiger partial charge in [-0.25, -0.2) is 0 Å². The first-order valence-corrected chi connectivity index (χ1v) is 10.9. The van der Waals surface area contributed by atoms with Crippen molar-refractivity contribution in [3.63, 3.8) is 0 Å². The summed E-state index contributed by atoms with van der Waals surface area (Å²) in [6.07, 6.45) is 5.11. The fourth-order valence-corrected chi connectivity index (χ4v) is 4.19. The number of nitrogens with zero attached hydrogens (tertiary/aromatic N) is 3. The molecule has 4 nitrogen and oxygen atoms in total. The standard InChI is InChI=1S/C27H25N3O/c31-27-25(19-22-13-15-23(16-14-22)29-17-7-8-18-29)26(20-21-9-3-1-4-10-21)28-30(27)24-11-5-2-6-12-24/h1-6,9-16,19H,7-8,17-18,20H2/b25-19-. The van der Waals surface area contributed by atoms with E-state index < -0.39 is 0 Å². The third kappa shape index (κ3) is 4.15. The van der Waals surface area contributed by atoms with Gasteiger partial charge < -0.3 is 4.90 Å². The van der Waals surface area contributed by atoms with Gasteiger partial charge in [0.2, 0.25) is 0 Å². The molecule has 0 aromatic heterocycles. The number of carbonyl (C=O) groups is 1. The maximum atomic E-state index is 13.3. The molecule has 2 aliphatic rings. The molecule has 2 heterocycles. The lowest BCUT2D eigenvalue weighted by Gasteiger charge is -2.17. The van der Waals surface area contributed by atoms with Crippen molar-refractivity contribution in [3.05, 3.63) is 102 Å². The van der Waals surface area contributed by atoms with Crippen molar-refractivity contribution < 1.29 is 4.79 Å². The Balaban J connectivity index is 1.47. The van der Waals surface area contributed by atoms with E-state index in [2.05, 4.69) is 41.3 Å². The molecule has 0 unspecified atom stereocenters. The van der Waals surface area contributed by atoms with E-state index in [4.69, 9.17) is 5.10 Å². The number of hydrazone groups is 1. The Morgan fingerprint density at radius 3 is 2.10 bits per heavy atom. The molecule has 154 valence electrons. The van der Waals surface area contributed by atoms with Crippen LogP contribution in [-0.2, 0) is 11.2 Å². The van der Waals surface area contributed by atoms with Gasteiger partial charge in [0.1, 0.15) is 0 Å². The molecule has 31 heavy (non-hydrogen) atoms. The van der Waals surface area contributed by atoms with Crippen LogP contribution in [0.25, 0.3) is 6.08 Å². The van der Waals surface area contributed by atoms with Gasteiger partial charge in [-0.2, -0.15) is 10.1 Å². The normalized spacial score (nSPS) is 17.5. The highest BCUT2D eigenvalue weighted by Crippen LogP contribution is 2.27. The summed E-state index contributed by atoms with van der Waals surface area (Å²) in [5.41, 5.74) is 5.64. The number of rotatable bonds is 5. The summed E-state index contributed by atoms with van der Waals surface area (Å²) in [5.74, 6) is -0.0826. The van der Waals surface area contributed by atoms with E-state index in [1.54, 1.807) is 0 Å². The predicted octanol–water partition coefficient (Wildman–Crippen LogP) is 5.32. The van der Waals surface area contributed by atoms with Gasteiger partial charge in [-0.1, -0.05) is 60.7 Å². The first kappa shape index (κ1) is 19.3. The van der Waals surface area contributed by atoms with Crippen molar-refractivity contribution in [2.24, 2.45) is 5.10 Å². The highest BCUT2D eigenvalue weighted by Gasteiger charge is 2.31. The summed E-state index contributed by atoms with van der Waals surface area (Å²) >= 11 is 0. The molecule has 0 spiro atoms. The Bertz CT molecular complexity index is 1110. The van der Waals surface area contributed by atoms with E-state index in [-0.39, 0.29) is 5.91 Å². The number of anilines is 2. The number of benzene rings is 3. The lowest BCUT2D eigenvalue weighted by atomic mass is 10.00. The monoisotopic (exact) mass is 407 g/mol. The van der Waals surface area contributed by atoms with Crippen LogP contribution in [0.2, 0.25) is 0 Å². The van der Waals surface area contributed by atoms with Crippen LogP contribution >= 0.6 is 0 Å². The van der Waals surface area contributed by atoms with Crippen molar-refractivity contribution in [3.8, 4) is 0 Å². The molecule has 3 aromatic carbocycles. The summed E-state index contributed by atoms with van der Waals surface area (Å²) in [6.45, 7) is 2.25. The fraction of sp³-hybridized carbons (Fsp3) is 0.185. The van der Waals surface area contributed by atoms with Crippen molar-refractivity contribution in [1.29, 1.82) is 0 Å². The Morgan fingerprint density at radius 1 is 0.774 bits per heavy atom. The Hall–Kier alpha value is -3.66. The summed E-state index contributed by atoms with van der Waals surface area (Å²) < 4.78 is 0. The number of carbonyl (C=O) groups excluding carboxylic acids is 1. The van der Waals surface area contributed by atoms with E-state index in [9.17, 15) is 4.79 Å². The SMILES string of the molecule is O=C1/C(=C\c2ccc(N3CCCC3)cc2)C(Cc2ccccc2)=NN1c1ccccc1. The maximum absolute atomic E-state index is 13.3. The Morgan fingerprint density at radius 2 is 1.42 bits per heavy atom. The number of amides is 1. The highest BCUT2D eigenvalue weighted by molar-refractivity contribution is 6.33. The van der Waals surface area contributed by atoms with Crippen LogP contribution in [-0.4, -0.2) is 24.7 Å². The molecule has 1 saturated heterocycles. The van der Waals surface area contributed by atoms with Gasteiger partial charge in [0.15, 0.2) is 0 Å². The molecule has 0 radical (unpaired) electrons. The van der Waals surface area contributed by atoms with E-state index in [0.717, 1.165) is 35.6 Å². The van der Waals surface area contributed by atoms with Crippen molar-refractivity contribution in [1.82, 2.24) is 0 Å². The topological polar surface area (TPSA) is 35.9 Å². The van der Waals surface area contributed by atoms with Crippen LogP contribution in [0.15, 0.2) is 95.6 Å². The molecule has 0 N–H and O–H groups in total. The minimum Gasteiger partial charge on any atom is -0.372 e. The quantitative estimate of drug-likeness (QED) is 0.537. The maximum Gasteiger partial charge on any atom is 0.280 e. The van der Waals surface area contributed by atoms with E-state index in [1.165, 1.54) is 23.5 Å². The van der Waals surface area contributed by atoms with Crippen LogP contribution in [0, 0.1) is 0 Å². The molecule has 0 bridgehead atoms. The lowest BCUT2D eigenvalue weighted by Crippen LogP contribution is -2.21. The summed E-state index contributed by atoms with van der Waals surface area (Å²) in [5, 5.41) is 6.23. The second kappa shape index (κ2) is 8.60. The molecule has 1 amide bonds. The van der Waals surface area contributed by atoms with Crippen molar-refractivity contribution in [2.75, 3.05) is 23.0 Å². The van der Waals surface area contributed by atoms with Gasteiger partial charge in [0, 0.05) is 25.2 Å². The minimum absolute atomic E-state index is 0.0826. The first-order chi connectivity index (χ1) is 15.3. The molecular weight excluding hydrogens is 382 g/mol. The molecule has 0 atom stereocenters. The third-order valence-corrected chi connectivity index (χ3v) is 5.84. The van der Waals surface area contributed by atoms with Gasteiger partial charge in [-0.05, 0) is 54.3 Å². The largest absolute Gasteiger partial charge is 0.372 e. The third-order valence-electron chi connectivity index (χ3n) is 5.84. The predicted molar refractivity (Wildman–Crippen MR) is 127 cm³/mol. The number of hydrogen-bond donors (Lipinski definition) is 0. The smallest absolute Gasteiger partial charge is 0.280 e. The van der Waals surface area contributed by atoms with Gasteiger partial charge in [0.05, 0.1) is 17.0 Å². The van der Waals surface area contributed by atoms with E-state index in [0.29, 0.717) is 12.0 Å². The summed E-state index contributed by atoms with van der Waals surface area (Å²) in [7, 11) is 0. The zero-order valence-electron chi connectivity index (χ0n) is 17.4. The van der Waals surface area contributed by atoms with Crippen LogP contribution in [0.5, 0.6) is 0 Å². The average Bonchev–Trinajstić information content (AvgIpc) is 3.46. The molecule has 1 fully saturated rings. The Kier molecular flexibility index (Phi) is 5.36. The van der Waals surface area contributed by atoms with Gasteiger partial charge in [0.25, 0.3) is 5.91 Å². The zero-order chi connectivity index (χ0) is 21.0. The van der Waals surface area contributed by atoms with Crippen LogP contribution < -0.4 is 9.91 Å². The molecule has 0 aliphatic carbocycles. The molecule has 3 aromatic rings. The highest BCUT2D eigenvalue weighted by atomic mass is 16.2. The second-order valence-corrected chi connectivity index (χ2v) is 8.01. The summed E-state index contributed by atoms with van der Waals surface area (Å²) in [6, 6.07) is 28.3. The average molecular weight is 408 g/mol. The van der Waals surface area contributed by atoms with Crippen LogP contribution in [0.4, 0.5) is 11.4 Å². The van der Waals surface area contributed by atoms with E-state index in [1.807, 2.05) is 54.6 Å². The lowest BCUT2D eigenvalue weighted by molar-refractivity contribution is -0.114. The van der Waals surface area contributed by atoms with Crippen molar-refractivity contribution >= 4 is 29.1 Å². The summed E-state index contributed by atoms with van der Waals surface area (Å²) in [4.78, 5) is 15.7. The molecule has 4 heteroatoms. The Labute approximate surface area is 183 Å². The fourth-order valence-electron chi connectivity index (χ4n) is 4.19. The molecule has 5 rings (SSSR count). The number of para-hydroxylation sites is 1. The molecule has 0 saturated carbocycles. The first-order valence-electron chi connectivity index (χ1n) is 10.9. The van der Waals surface area contributed by atoms with Crippen molar-refractivity contribution in [2.45, 2.75) is 19.3 Å². The van der Waals surface area contributed by atoms with Gasteiger partial charge in [-0.3, -0.25) is 4.79 Å². The van der Waals surface area contributed by atoms with Crippen LogP contribution in [0.1, 0.15) is 24.0 Å².